The second kappa shape index (κ2) is 2.77. The summed E-state index contributed by atoms with van der Waals surface area (Å²) in [5.74, 6) is 0.524. The van der Waals surface area contributed by atoms with Crippen molar-refractivity contribution in [1.82, 2.24) is 4.98 Å². The maximum Gasteiger partial charge on any atom is 0.181 e. The van der Waals surface area contributed by atoms with Gasteiger partial charge in [0, 0.05) is 12.1 Å². The predicted octanol–water partition coefficient (Wildman–Crippen LogP) is 1.59. The third-order valence-electron chi connectivity index (χ3n) is 1.71. The maximum absolute atomic E-state index is 9.42. The highest BCUT2D eigenvalue weighted by molar-refractivity contribution is 7.22. The molecule has 0 atom stereocenters. The van der Waals surface area contributed by atoms with Gasteiger partial charge in [0.2, 0.25) is 0 Å². The fourth-order valence-electron chi connectivity index (χ4n) is 1.13. The third-order valence-corrected chi connectivity index (χ3v) is 2.55. The van der Waals surface area contributed by atoms with Gasteiger partial charge in [-0.3, -0.25) is 0 Å². The Kier molecular flexibility index (Phi) is 1.73. The zero-order valence-corrected chi connectivity index (χ0v) is 7.76. The van der Waals surface area contributed by atoms with Gasteiger partial charge < -0.3 is 15.6 Å². The molecule has 2 rings (SSSR count). The van der Waals surface area contributed by atoms with Crippen molar-refractivity contribution in [3.63, 3.8) is 0 Å². The number of nitrogen functional groups attached to an aromatic ring is 1. The monoisotopic (exact) mass is 196 g/mol. The van der Waals surface area contributed by atoms with Crippen LogP contribution < -0.4 is 10.5 Å². The standard InChI is InChI=1S/C8H8N2O2S/c1-12-6-3-7-4(2-5(6)11)10-8(9)13-7/h2-3,11H,1H3,(H2,9,10). The number of methoxy groups -OCH3 is 1. The molecule has 1 heterocycles. The van der Waals surface area contributed by atoms with Crippen LogP contribution in [0.4, 0.5) is 5.13 Å². The first-order valence-corrected chi connectivity index (χ1v) is 4.45. The number of hydrogen-bond donors (Lipinski definition) is 2. The summed E-state index contributed by atoms with van der Waals surface area (Å²) in [6.07, 6.45) is 0. The van der Waals surface area contributed by atoms with Gasteiger partial charge in [-0.2, -0.15) is 0 Å². The number of ether oxygens (including phenoxy) is 1. The molecule has 0 fully saturated rings. The Balaban J connectivity index is 2.72. The molecule has 0 unspecified atom stereocenters. The fraction of sp³-hybridized carbons (Fsp3) is 0.125. The molecule has 0 amide bonds. The topological polar surface area (TPSA) is 68.4 Å². The number of phenolic OH excluding ortho intramolecular Hbond substituents is 1. The molecule has 1 aromatic heterocycles. The van der Waals surface area contributed by atoms with Crippen LogP contribution in [0.2, 0.25) is 0 Å². The van der Waals surface area contributed by atoms with Crippen molar-refractivity contribution in [2.24, 2.45) is 0 Å². The largest absolute Gasteiger partial charge is 0.504 e. The number of fused-ring (bicyclic) bond motifs is 1. The van der Waals surface area contributed by atoms with Crippen LogP contribution in [-0.2, 0) is 0 Å². The Hall–Kier alpha value is -1.49. The van der Waals surface area contributed by atoms with E-state index < -0.39 is 0 Å². The van der Waals surface area contributed by atoms with E-state index in [1.54, 1.807) is 12.1 Å². The lowest BCUT2D eigenvalue weighted by Crippen LogP contribution is -1.83. The number of nitrogens with zero attached hydrogens (tertiary/aromatic N) is 1. The summed E-state index contributed by atoms with van der Waals surface area (Å²) in [6.45, 7) is 0. The van der Waals surface area contributed by atoms with E-state index in [1.807, 2.05) is 0 Å². The molecule has 1 aromatic carbocycles. The van der Waals surface area contributed by atoms with Gasteiger partial charge in [0.25, 0.3) is 0 Å². The zero-order chi connectivity index (χ0) is 9.42. The number of nitrogens with two attached hydrogens (primary N) is 1. The van der Waals surface area contributed by atoms with Gasteiger partial charge >= 0.3 is 0 Å². The molecule has 0 bridgehead atoms. The first-order chi connectivity index (χ1) is 6.20. The number of thiazole rings is 1. The highest BCUT2D eigenvalue weighted by Gasteiger charge is 2.07. The zero-order valence-electron chi connectivity index (χ0n) is 6.94. The number of rotatable bonds is 1. The molecule has 0 saturated carbocycles. The molecule has 0 aliphatic heterocycles. The second-order valence-corrected chi connectivity index (χ2v) is 3.61. The summed E-state index contributed by atoms with van der Waals surface area (Å²) in [5, 5.41) is 9.91. The van der Waals surface area contributed by atoms with Crippen molar-refractivity contribution in [1.29, 1.82) is 0 Å². The molecule has 0 saturated heterocycles. The van der Waals surface area contributed by atoms with Crippen molar-refractivity contribution in [3.05, 3.63) is 12.1 Å². The van der Waals surface area contributed by atoms with Gasteiger partial charge in [0.15, 0.2) is 16.6 Å². The lowest BCUT2D eigenvalue weighted by atomic mass is 10.3. The van der Waals surface area contributed by atoms with Crippen LogP contribution in [0.1, 0.15) is 0 Å². The van der Waals surface area contributed by atoms with Crippen molar-refractivity contribution in [2.45, 2.75) is 0 Å². The Morgan fingerprint density at radius 2 is 2.31 bits per heavy atom. The molecular weight excluding hydrogens is 188 g/mol. The number of benzene rings is 1. The molecular formula is C8H8N2O2S. The Bertz CT molecular complexity index is 453. The van der Waals surface area contributed by atoms with E-state index in [-0.39, 0.29) is 5.75 Å². The van der Waals surface area contributed by atoms with E-state index in [0.717, 1.165) is 4.70 Å². The number of phenols is 1. The minimum absolute atomic E-state index is 0.0836. The summed E-state index contributed by atoms with van der Waals surface area (Å²) >= 11 is 1.37. The normalized spacial score (nSPS) is 10.5. The van der Waals surface area contributed by atoms with Gasteiger partial charge in [-0.25, -0.2) is 4.98 Å². The summed E-state index contributed by atoms with van der Waals surface area (Å²) < 4.78 is 5.86. The van der Waals surface area contributed by atoms with Crippen LogP contribution in [0.25, 0.3) is 10.2 Å². The fourth-order valence-corrected chi connectivity index (χ4v) is 1.87. The average molecular weight is 196 g/mol. The molecule has 68 valence electrons. The highest BCUT2D eigenvalue weighted by Crippen LogP contribution is 2.34. The minimum Gasteiger partial charge on any atom is -0.504 e. The smallest absolute Gasteiger partial charge is 0.181 e. The van der Waals surface area contributed by atoms with E-state index in [1.165, 1.54) is 18.4 Å². The van der Waals surface area contributed by atoms with Gasteiger partial charge in [-0.1, -0.05) is 11.3 Å². The molecule has 0 aliphatic rings. The average Bonchev–Trinajstić information content (AvgIpc) is 2.42. The number of anilines is 1. The van der Waals surface area contributed by atoms with Gasteiger partial charge in [0.1, 0.15) is 0 Å². The molecule has 0 radical (unpaired) electrons. The molecule has 2 aromatic rings. The van der Waals surface area contributed by atoms with E-state index in [0.29, 0.717) is 16.4 Å². The van der Waals surface area contributed by atoms with Crippen LogP contribution in [0.5, 0.6) is 11.5 Å². The summed E-state index contributed by atoms with van der Waals surface area (Å²) in [7, 11) is 1.51. The predicted molar refractivity (Wildman–Crippen MR) is 52.2 cm³/mol. The van der Waals surface area contributed by atoms with Gasteiger partial charge in [-0.15, -0.1) is 0 Å². The van der Waals surface area contributed by atoms with E-state index in [9.17, 15) is 5.11 Å². The van der Waals surface area contributed by atoms with E-state index in [2.05, 4.69) is 4.98 Å². The number of hydrogen-bond acceptors (Lipinski definition) is 5. The Morgan fingerprint density at radius 1 is 1.54 bits per heavy atom. The molecule has 0 spiro atoms. The maximum atomic E-state index is 9.42. The molecule has 13 heavy (non-hydrogen) atoms. The van der Waals surface area contributed by atoms with Crippen molar-refractivity contribution in [2.75, 3.05) is 12.8 Å². The lowest BCUT2D eigenvalue weighted by Gasteiger charge is -2.01. The van der Waals surface area contributed by atoms with Crippen LogP contribution in [0, 0.1) is 0 Å². The summed E-state index contributed by atoms with van der Waals surface area (Å²) in [5.41, 5.74) is 6.21. The Labute approximate surface area is 78.6 Å². The number of aromatic hydroxyl groups is 1. The SMILES string of the molecule is COc1cc2sc(N)nc2cc1O. The third kappa shape index (κ3) is 1.27. The van der Waals surface area contributed by atoms with Crippen LogP contribution >= 0.6 is 11.3 Å². The molecule has 0 aliphatic carbocycles. The minimum atomic E-state index is 0.0836. The quantitative estimate of drug-likeness (QED) is 0.726. The highest BCUT2D eigenvalue weighted by atomic mass is 32.1. The van der Waals surface area contributed by atoms with Crippen molar-refractivity contribution < 1.29 is 9.84 Å². The first-order valence-electron chi connectivity index (χ1n) is 3.63. The molecule has 5 heteroatoms. The van der Waals surface area contributed by atoms with Crippen LogP contribution in [-0.4, -0.2) is 17.2 Å². The van der Waals surface area contributed by atoms with Crippen LogP contribution in [0.15, 0.2) is 12.1 Å². The van der Waals surface area contributed by atoms with Crippen LogP contribution in [0.3, 0.4) is 0 Å². The van der Waals surface area contributed by atoms with E-state index >= 15 is 0 Å². The van der Waals surface area contributed by atoms with E-state index in [4.69, 9.17) is 10.5 Å². The van der Waals surface area contributed by atoms with Crippen molar-refractivity contribution >= 4 is 26.7 Å². The van der Waals surface area contributed by atoms with Crippen molar-refractivity contribution in [3.8, 4) is 11.5 Å². The van der Waals surface area contributed by atoms with Gasteiger partial charge in [-0.05, 0) is 0 Å². The summed E-state index contributed by atoms with van der Waals surface area (Å²) in [4.78, 5) is 4.03. The molecule has 4 nitrogen and oxygen atoms in total. The van der Waals surface area contributed by atoms with Gasteiger partial charge in [0.05, 0.1) is 17.3 Å². The Morgan fingerprint density at radius 3 is 3.00 bits per heavy atom. The summed E-state index contributed by atoms with van der Waals surface area (Å²) in [6, 6.07) is 3.26. The molecule has 3 N–H and O–H groups in total. The second-order valence-electron chi connectivity index (χ2n) is 2.54. The number of aromatic nitrogens is 1. The first kappa shape index (κ1) is 8.12. The lowest BCUT2D eigenvalue weighted by molar-refractivity contribution is 0.374.